The van der Waals surface area contributed by atoms with Crippen LogP contribution in [0.3, 0.4) is 0 Å². The van der Waals surface area contributed by atoms with Crippen molar-refractivity contribution in [1.82, 2.24) is 5.32 Å². The molecule has 3 nitrogen and oxygen atoms in total. The first-order chi connectivity index (χ1) is 10.2. The van der Waals surface area contributed by atoms with Crippen molar-refractivity contribution in [1.29, 1.82) is 0 Å². The molecule has 0 aliphatic rings. The lowest BCUT2D eigenvalue weighted by Gasteiger charge is -2.23. The van der Waals surface area contributed by atoms with Crippen molar-refractivity contribution in [2.75, 3.05) is 0 Å². The Hall–Kier alpha value is -1.27. The molecule has 0 heterocycles. The van der Waals surface area contributed by atoms with Gasteiger partial charge in [0.25, 0.3) is 0 Å². The van der Waals surface area contributed by atoms with Gasteiger partial charge in [-0.05, 0) is 31.0 Å². The number of benzene rings is 1. The van der Waals surface area contributed by atoms with Crippen LogP contribution >= 0.6 is 12.4 Å². The Bertz CT molecular complexity index is 506. The summed E-state index contributed by atoms with van der Waals surface area (Å²) in [7, 11) is 0. The Morgan fingerprint density at radius 1 is 1.30 bits per heavy atom. The van der Waals surface area contributed by atoms with Gasteiger partial charge in [0.2, 0.25) is 5.91 Å². The van der Waals surface area contributed by atoms with E-state index >= 15 is 0 Å². The quantitative estimate of drug-likeness (QED) is 0.811. The van der Waals surface area contributed by atoms with Crippen molar-refractivity contribution in [2.24, 2.45) is 11.7 Å². The minimum atomic E-state index is -4.39. The van der Waals surface area contributed by atoms with E-state index in [1.54, 1.807) is 19.9 Å². The number of rotatable bonds is 6. The molecule has 1 aromatic rings. The van der Waals surface area contributed by atoms with Crippen LogP contribution in [0.4, 0.5) is 13.2 Å². The molecule has 0 saturated carbocycles. The maximum Gasteiger partial charge on any atom is 0.416 e. The molecule has 0 spiro atoms. The third kappa shape index (κ3) is 6.39. The zero-order valence-corrected chi connectivity index (χ0v) is 14.3. The van der Waals surface area contributed by atoms with Crippen molar-refractivity contribution in [3.63, 3.8) is 0 Å². The summed E-state index contributed by atoms with van der Waals surface area (Å²) in [6, 6.07) is 4.33. The number of hydrogen-bond acceptors (Lipinski definition) is 2. The Balaban J connectivity index is 0.00000484. The summed E-state index contributed by atoms with van der Waals surface area (Å²) < 4.78 is 38.4. The minimum Gasteiger partial charge on any atom is -0.349 e. The highest BCUT2D eigenvalue weighted by Crippen LogP contribution is 2.31. The van der Waals surface area contributed by atoms with Crippen molar-refractivity contribution in [2.45, 2.75) is 51.9 Å². The molecule has 132 valence electrons. The lowest BCUT2D eigenvalue weighted by atomic mass is 9.97. The summed E-state index contributed by atoms with van der Waals surface area (Å²) in [5.41, 5.74) is 5.45. The number of carbonyl (C=O) groups excluding carboxylic acids is 1. The van der Waals surface area contributed by atoms with E-state index in [0.29, 0.717) is 12.0 Å². The molecule has 1 amide bonds. The highest BCUT2D eigenvalue weighted by Gasteiger charge is 2.31. The summed E-state index contributed by atoms with van der Waals surface area (Å²) in [5.74, 6) is -0.643. The highest BCUT2D eigenvalue weighted by molar-refractivity contribution is 5.85. The van der Waals surface area contributed by atoms with Gasteiger partial charge in [-0.25, -0.2) is 0 Å². The molecule has 7 heteroatoms. The van der Waals surface area contributed by atoms with Crippen molar-refractivity contribution in [3.05, 3.63) is 35.4 Å². The Labute approximate surface area is 141 Å². The molecule has 23 heavy (non-hydrogen) atoms. The first kappa shape index (κ1) is 21.7. The number of amides is 1. The number of carbonyl (C=O) groups is 1. The average molecular weight is 353 g/mol. The van der Waals surface area contributed by atoms with Gasteiger partial charge >= 0.3 is 6.18 Å². The fourth-order valence-electron chi connectivity index (χ4n) is 2.08. The van der Waals surface area contributed by atoms with Crippen LogP contribution in [0.1, 0.15) is 50.8 Å². The molecular weight excluding hydrogens is 329 g/mol. The standard InChI is InChI=1S/C16H23F3N2O.ClH/c1-4-6-14(21-15(22)10(2)11(3)20)12-7-5-8-13(9-12)16(17,18)19;/h5,7-11,14H,4,6,20H2,1-3H3,(H,21,22);1H. The van der Waals surface area contributed by atoms with Gasteiger partial charge in [0.1, 0.15) is 0 Å². The van der Waals surface area contributed by atoms with Crippen molar-refractivity contribution >= 4 is 18.3 Å². The molecule has 1 aromatic carbocycles. The summed E-state index contributed by atoms with van der Waals surface area (Å²) in [6.07, 6.45) is -3.08. The Kier molecular flexibility index (Phi) is 8.63. The van der Waals surface area contributed by atoms with Gasteiger partial charge in [0.05, 0.1) is 11.6 Å². The molecule has 3 N–H and O–H groups in total. The lowest BCUT2D eigenvalue weighted by molar-refractivity contribution is -0.137. The molecule has 0 aliphatic heterocycles. The van der Waals surface area contributed by atoms with Crippen LogP contribution in [0.15, 0.2) is 24.3 Å². The predicted octanol–water partition coefficient (Wildman–Crippen LogP) is 4.07. The first-order valence-electron chi connectivity index (χ1n) is 7.40. The zero-order valence-electron chi connectivity index (χ0n) is 13.5. The summed E-state index contributed by atoms with van der Waals surface area (Å²) in [6.45, 7) is 5.35. The number of halogens is 4. The third-order valence-electron chi connectivity index (χ3n) is 3.71. The lowest BCUT2D eigenvalue weighted by Crippen LogP contribution is -2.40. The van der Waals surface area contributed by atoms with Gasteiger partial charge < -0.3 is 11.1 Å². The molecule has 0 aliphatic carbocycles. The maximum absolute atomic E-state index is 12.8. The third-order valence-corrected chi connectivity index (χ3v) is 3.71. The Morgan fingerprint density at radius 3 is 2.39 bits per heavy atom. The second-order valence-corrected chi connectivity index (χ2v) is 5.62. The molecule has 1 rings (SSSR count). The summed E-state index contributed by atoms with van der Waals surface area (Å²) in [5, 5.41) is 2.81. The second-order valence-electron chi connectivity index (χ2n) is 5.62. The molecule has 0 aromatic heterocycles. The van der Waals surface area contributed by atoms with E-state index in [0.717, 1.165) is 18.6 Å². The molecule has 3 atom stereocenters. The van der Waals surface area contributed by atoms with E-state index in [1.165, 1.54) is 6.07 Å². The first-order valence-corrected chi connectivity index (χ1v) is 7.40. The summed E-state index contributed by atoms with van der Waals surface area (Å²) >= 11 is 0. The zero-order chi connectivity index (χ0) is 16.9. The smallest absolute Gasteiger partial charge is 0.349 e. The monoisotopic (exact) mass is 352 g/mol. The van der Waals surface area contributed by atoms with E-state index < -0.39 is 23.7 Å². The van der Waals surface area contributed by atoms with E-state index in [-0.39, 0.29) is 24.4 Å². The van der Waals surface area contributed by atoms with E-state index in [9.17, 15) is 18.0 Å². The normalized spacial score (nSPS) is 15.3. The minimum absolute atomic E-state index is 0. The topological polar surface area (TPSA) is 55.1 Å². The van der Waals surface area contributed by atoms with Crippen LogP contribution in [-0.2, 0) is 11.0 Å². The molecule has 3 unspecified atom stereocenters. The van der Waals surface area contributed by atoms with Gasteiger partial charge in [-0.1, -0.05) is 32.4 Å². The molecular formula is C16H24ClF3N2O. The van der Waals surface area contributed by atoms with E-state index in [2.05, 4.69) is 5.32 Å². The van der Waals surface area contributed by atoms with Crippen LogP contribution < -0.4 is 11.1 Å². The fraction of sp³-hybridized carbons (Fsp3) is 0.562. The summed E-state index contributed by atoms with van der Waals surface area (Å²) in [4.78, 5) is 12.1. The van der Waals surface area contributed by atoms with Gasteiger partial charge in [0, 0.05) is 12.0 Å². The van der Waals surface area contributed by atoms with E-state index in [4.69, 9.17) is 5.73 Å². The van der Waals surface area contributed by atoms with E-state index in [1.807, 2.05) is 6.92 Å². The van der Waals surface area contributed by atoms with Crippen LogP contribution in [0.25, 0.3) is 0 Å². The van der Waals surface area contributed by atoms with Gasteiger partial charge in [-0.3, -0.25) is 4.79 Å². The molecule has 0 saturated heterocycles. The van der Waals surface area contributed by atoms with Crippen LogP contribution in [-0.4, -0.2) is 11.9 Å². The van der Waals surface area contributed by atoms with Gasteiger partial charge in [0.15, 0.2) is 0 Å². The SMILES string of the molecule is CCCC(NC(=O)C(C)C(C)N)c1cccc(C(F)(F)F)c1.Cl. The second kappa shape index (κ2) is 9.13. The molecule has 0 fully saturated rings. The Morgan fingerprint density at radius 2 is 1.91 bits per heavy atom. The van der Waals surface area contributed by atoms with Gasteiger partial charge in [-0.2, -0.15) is 13.2 Å². The van der Waals surface area contributed by atoms with Crippen LogP contribution in [0.5, 0.6) is 0 Å². The number of nitrogens with one attached hydrogen (secondary N) is 1. The van der Waals surface area contributed by atoms with Crippen LogP contribution in [0, 0.1) is 5.92 Å². The average Bonchev–Trinajstić information content (AvgIpc) is 2.45. The van der Waals surface area contributed by atoms with Gasteiger partial charge in [-0.15, -0.1) is 12.4 Å². The predicted molar refractivity (Wildman–Crippen MR) is 87.3 cm³/mol. The number of hydrogen-bond donors (Lipinski definition) is 2. The maximum atomic E-state index is 12.8. The van der Waals surface area contributed by atoms with Crippen molar-refractivity contribution < 1.29 is 18.0 Å². The molecule has 0 bridgehead atoms. The highest BCUT2D eigenvalue weighted by atomic mass is 35.5. The van der Waals surface area contributed by atoms with Crippen molar-refractivity contribution in [3.8, 4) is 0 Å². The number of alkyl halides is 3. The van der Waals surface area contributed by atoms with Crippen LogP contribution in [0.2, 0.25) is 0 Å². The largest absolute Gasteiger partial charge is 0.416 e. The fourth-order valence-corrected chi connectivity index (χ4v) is 2.08. The number of nitrogens with two attached hydrogens (primary N) is 1. The molecule has 0 radical (unpaired) electrons.